The Hall–Kier alpha value is -0.830. The zero-order valence-electron chi connectivity index (χ0n) is 13.3. The third-order valence-electron chi connectivity index (χ3n) is 3.76. The number of rotatable bonds is 8. The van der Waals surface area contributed by atoms with Crippen molar-refractivity contribution in [3.8, 4) is 0 Å². The van der Waals surface area contributed by atoms with Gasteiger partial charge in [0.25, 0.3) is 0 Å². The van der Waals surface area contributed by atoms with Gasteiger partial charge in [0.1, 0.15) is 5.76 Å². The van der Waals surface area contributed by atoms with E-state index in [4.69, 9.17) is 9.47 Å². The zero-order valence-corrected chi connectivity index (χ0v) is 13.3. The van der Waals surface area contributed by atoms with Gasteiger partial charge in [0.15, 0.2) is 0 Å². The van der Waals surface area contributed by atoms with E-state index in [0.717, 1.165) is 37.9 Å². The van der Waals surface area contributed by atoms with Gasteiger partial charge in [-0.25, -0.2) is 0 Å². The molecule has 2 atom stereocenters. The quantitative estimate of drug-likeness (QED) is 0.366. The minimum atomic E-state index is -0.227. The van der Waals surface area contributed by atoms with Crippen molar-refractivity contribution in [3.05, 3.63) is 11.8 Å². The summed E-state index contributed by atoms with van der Waals surface area (Å²) in [7, 11) is 0. The maximum atomic E-state index is 11.2. The molecule has 3 nitrogen and oxygen atoms in total. The summed E-state index contributed by atoms with van der Waals surface area (Å²) in [6, 6.07) is 0. The minimum absolute atomic E-state index is 0.120. The van der Waals surface area contributed by atoms with Crippen LogP contribution in [0.5, 0.6) is 0 Å². The maximum Gasteiger partial charge on any atom is 0.307 e. The summed E-state index contributed by atoms with van der Waals surface area (Å²) < 4.78 is 11.4. The first kappa shape index (κ1) is 17.2. The number of carbonyl (C=O) groups is 1. The lowest BCUT2D eigenvalue weighted by molar-refractivity contribution is -0.137. The molecule has 1 aliphatic rings. The van der Waals surface area contributed by atoms with Crippen LogP contribution in [-0.2, 0) is 14.3 Å². The average molecular weight is 282 g/mol. The number of hydrogen-bond acceptors (Lipinski definition) is 3. The molecule has 0 aliphatic carbocycles. The van der Waals surface area contributed by atoms with E-state index in [1.165, 1.54) is 32.6 Å². The fourth-order valence-electron chi connectivity index (χ4n) is 2.64. The fraction of sp³-hybridized carbons (Fsp3) is 0.824. The fourth-order valence-corrected chi connectivity index (χ4v) is 2.64. The molecule has 1 heterocycles. The second-order valence-electron chi connectivity index (χ2n) is 5.67. The minimum Gasteiger partial charge on any atom is -0.432 e. The van der Waals surface area contributed by atoms with E-state index >= 15 is 0 Å². The van der Waals surface area contributed by atoms with Gasteiger partial charge in [-0.1, -0.05) is 33.1 Å². The van der Waals surface area contributed by atoms with Crippen LogP contribution in [0.4, 0.5) is 0 Å². The Morgan fingerprint density at radius 2 is 2.05 bits per heavy atom. The summed E-state index contributed by atoms with van der Waals surface area (Å²) >= 11 is 0. The predicted octanol–water partition coefficient (Wildman–Crippen LogP) is 4.75. The molecule has 3 heteroatoms. The van der Waals surface area contributed by atoms with Crippen LogP contribution < -0.4 is 0 Å². The smallest absolute Gasteiger partial charge is 0.307 e. The summed E-state index contributed by atoms with van der Waals surface area (Å²) in [6.07, 6.45) is 12.5. The highest BCUT2D eigenvalue weighted by molar-refractivity contribution is 5.67. The Bertz CT molecular complexity index is 309. The van der Waals surface area contributed by atoms with Gasteiger partial charge in [-0.3, -0.25) is 4.79 Å². The molecule has 116 valence electrons. The topological polar surface area (TPSA) is 35.5 Å². The number of hydrogen-bond donors (Lipinski definition) is 0. The molecule has 0 aromatic heterocycles. The van der Waals surface area contributed by atoms with Crippen LogP contribution in [0.3, 0.4) is 0 Å². The zero-order chi connectivity index (χ0) is 14.8. The molecule has 1 aliphatic heterocycles. The SMILES string of the molecule is CCCCCC/C(=C/[C@@H]1CCC[C@H](CC)O1)OC(C)=O. The van der Waals surface area contributed by atoms with Crippen molar-refractivity contribution in [1.82, 2.24) is 0 Å². The van der Waals surface area contributed by atoms with Crippen molar-refractivity contribution < 1.29 is 14.3 Å². The molecule has 1 fully saturated rings. The van der Waals surface area contributed by atoms with Crippen molar-refractivity contribution in [2.45, 2.75) is 90.8 Å². The Morgan fingerprint density at radius 1 is 1.25 bits per heavy atom. The molecular weight excluding hydrogens is 252 g/mol. The van der Waals surface area contributed by atoms with Crippen molar-refractivity contribution in [2.75, 3.05) is 0 Å². The monoisotopic (exact) mass is 282 g/mol. The molecule has 0 bridgehead atoms. The van der Waals surface area contributed by atoms with Crippen LogP contribution in [-0.4, -0.2) is 18.2 Å². The summed E-state index contributed by atoms with van der Waals surface area (Å²) in [5.74, 6) is 0.574. The van der Waals surface area contributed by atoms with Gasteiger partial charge in [-0.15, -0.1) is 0 Å². The van der Waals surface area contributed by atoms with Gasteiger partial charge >= 0.3 is 5.97 Å². The first-order valence-electron chi connectivity index (χ1n) is 8.20. The van der Waals surface area contributed by atoms with Crippen molar-refractivity contribution in [2.24, 2.45) is 0 Å². The summed E-state index contributed by atoms with van der Waals surface area (Å²) in [5, 5.41) is 0. The van der Waals surface area contributed by atoms with E-state index in [1.807, 2.05) is 6.08 Å². The molecule has 20 heavy (non-hydrogen) atoms. The lowest BCUT2D eigenvalue weighted by Gasteiger charge is -2.28. The van der Waals surface area contributed by atoms with Gasteiger partial charge in [0.05, 0.1) is 12.2 Å². The number of allylic oxidation sites excluding steroid dienone is 1. The van der Waals surface area contributed by atoms with Gasteiger partial charge in [-0.2, -0.15) is 0 Å². The Labute approximate surface area is 123 Å². The van der Waals surface area contributed by atoms with E-state index in [1.54, 1.807) is 0 Å². The third kappa shape index (κ3) is 7.09. The van der Waals surface area contributed by atoms with Crippen LogP contribution in [0.2, 0.25) is 0 Å². The highest BCUT2D eigenvalue weighted by atomic mass is 16.5. The van der Waals surface area contributed by atoms with Crippen LogP contribution in [0.25, 0.3) is 0 Å². The Balaban J connectivity index is 2.51. The molecule has 0 radical (unpaired) electrons. The number of ether oxygens (including phenoxy) is 2. The van der Waals surface area contributed by atoms with Gasteiger partial charge in [-0.05, 0) is 38.2 Å². The Kier molecular flexibility index (Phi) is 8.59. The summed E-state index contributed by atoms with van der Waals surface area (Å²) in [5.41, 5.74) is 0. The summed E-state index contributed by atoms with van der Waals surface area (Å²) in [4.78, 5) is 11.2. The molecule has 0 N–H and O–H groups in total. The first-order valence-corrected chi connectivity index (χ1v) is 8.20. The van der Waals surface area contributed by atoms with Crippen LogP contribution >= 0.6 is 0 Å². The normalized spacial score (nSPS) is 23.6. The molecule has 0 aromatic carbocycles. The average Bonchev–Trinajstić information content (AvgIpc) is 2.43. The Morgan fingerprint density at radius 3 is 2.70 bits per heavy atom. The highest BCUT2D eigenvalue weighted by Crippen LogP contribution is 2.24. The van der Waals surface area contributed by atoms with Crippen molar-refractivity contribution in [1.29, 1.82) is 0 Å². The molecule has 1 rings (SSSR count). The van der Waals surface area contributed by atoms with E-state index in [9.17, 15) is 4.79 Å². The van der Waals surface area contributed by atoms with E-state index in [0.29, 0.717) is 6.10 Å². The van der Waals surface area contributed by atoms with E-state index in [-0.39, 0.29) is 12.1 Å². The van der Waals surface area contributed by atoms with Crippen LogP contribution in [0.1, 0.15) is 78.6 Å². The highest BCUT2D eigenvalue weighted by Gasteiger charge is 2.20. The maximum absolute atomic E-state index is 11.2. The van der Waals surface area contributed by atoms with E-state index < -0.39 is 0 Å². The first-order chi connectivity index (χ1) is 9.65. The molecule has 0 saturated carbocycles. The van der Waals surface area contributed by atoms with Gasteiger partial charge in [0.2, 0.25) is 0 Å². The molecule has 0 amide bonds. The molecular formula is C17H30O3. The largest absolute Gasteiger partial charge is 0.432 e. The number of esters is 1. The van der Waals surface area contributed by atoms with Crippen LogP contribution in [0, 0.1) is 0 Å². The van der Waals surface area contributed by atoms with Crippen LogP contribution in [0.15, 0.2) is 11.8 Å². The molecule has 0 unspecified atom stereocenters. The standard InChI is InChI=1S/C17H30O3/c1-4-6-7-8-10-16(19-14(3)18)13-17-12-9-11-15(5-2)20-17/h13,15,17H,4-12H2,1-3H3/b16-13-/t15-,17-/m0/s1. The lowest BCUT2D eigenvalue weighted by Crippen LogP contribution is -2.26. The number of carbonyl (C=O) groups excluding carboxylic acids is 1. The predicted molar refractivity (Wildman–Crippen MR) is 81.4 cm³/mol. The number of unbranched alkanes of at least 4 members (excludes halogenated alkanes) is 3. The summed E-state index contributed by atoms with van der Waals surface area (Å²) in [6.45, 7) is 5.83. The van der Waals surface area contributed by atoms with Gasteiger partial charge in [0, 0.05) is 13.3 Å². The molecule has 0 spiro atoms. The van der Waals surface area contributed by atoms with Crippen molar-refractivity contribution in [3.63, 3.8) is 0 Å². The second-order valence-corrected chi connectivity index (χ2v) is 5.67. The third-order valence-corrected chi connectivity index (χ3v) is 3.76. The molecule has 1 saturated heterocycles. The van der Waals surface area contributed by atoms with Gasteiger partial charge < -0.3 is 9.47 Å². The van der Waals surface area contributed by atoms with Crippen molar-refractivity contribution >= 4 is 5.97 Å². The lowest BCUT2D eigenvalue weighted by atomic mass is 10.0. The van der Waals surface area contributed by atoms with E-state index in [2.05, 4.69) is 13.8 Å². The second kappa shape index (κ2) is 9.98. The molecule has 0 aromatic rings.